The van der Waals surface area contributed by atoms with Gasteiger partial charge in [-0.3, -0.25) is 4.79 Å². The number of aryl methyl sites for hydroxylation is 1. The molecule has 0 fully saturated rings. The number of fused-ring (bicyclic) bond motifs is 1. The summed E-state index contributed by atoms with van der Waals surface area (Å²) < 4.78 is 64.8. The van der Waals surface area contributed by atoms with Gasteiger partial charge in [-0.15, -0.1) is 24.5 Å². The third kappa shape index (κ3) is 3.49. The first kappa shape index (κ1) is 18.9. The van der Waals surface area contributed by atoms with Crippen LogP contribution in [0.2, 0.25) is 0 Å². The highest BCUT2D eigenvalue weighted by Gasteiger charge is 2.44. The zero-order valence-electron chi connectivity index (χ0n) is 13.0. The summed E-state index contributed by atoms with van der Waals surface area (Å²) in [6.07, 6.45) is -2.88. The van der Waals surface area contributed by atoms with E-state index in [0.717, 1.165) is 17.5 Å². The second-order valence-electron chi connectivity index (χ2n) is 5.41. The van der Waals surface area contributed by atoms with Crippen LogP contribution in [0.3, 0.4) is 0 Å². The second-order valence-corrected chi connectivity index (χ2v) is 8.61. The molecule has 140 valence electrons. The van der Waals surface area contributed by atoms with Gasteiger partial charge in [-0.1, -0.05) is 11.6 Å². The lowest BCUT2D eigenvalue weighted by atomic mass is 10.4. The van der Waals surface area contributed by atoms with Crippen LogP contribution in [-0.2, 0) is 14.8 Å². The van der Waals surface area contributed by atoms with Crippen LogP contribution in [0, 0.1) is 6.92 Å². The van der Waals surface area contributed by atoms with Crippen LogP contribution in [-0.4, -0.2) is 38.0 Å². The van der Waals surface area contributed by atoms with Gasteiger partial charge in [0.05, 0.1) is 0 Å². The lowest BCUT2D eigenvalue weighted by Crippen LogP contribution is -3.12. The molecule has 7 nitrogen and oxygen atoms in total. The Labute approximate surface area is 155 Å². The molecular weight excluding hydrogens is 417 g/mol. The molecule has 3 rings (SSSR count). The molecule has 2 aliphatic rings. The monoisotopic (exact) mass is 427 g/mol. The highest BCUT2D eigenvalue weighted by Crippen LogP contribution is 2.25. The SMILES string of the molecule is Cc1ccsc1S(=O)(=O)NC(=O)C1=C[NH+]2CN(C(F)(F)F)C=C(Cl)C2=N1. The number of nitrogens with zero attached hydrogens (tertiary/aromatic N) is 2. The Hall–Kier alpha value is -1.89. The number of amides is 1. The predicted octanol–water partition coefficient (Wildman–Crippen LogP) is 0.873. The van der Waals surface area contributed by atoms with Crippen LogP contribution in [0.25, 0.3) is 0 Å². The van der Waals surface area contributed by atoms with Crippen molar-refractivity contribution >= 4 is 44.7 Å². The molecule has 1 aromatic heterocycles. The van der Waals surface area contributed by atoms with Gasteiger partial charge in [0.1, 0.15) is 15.4 Å². The van der Waals surface area contributed by atoms with Gasteiger partial charge in [0.15, 0.2) is 12.4 Å². The van der Waals surface area contributed by atoms with E-state index in [1.165, 1.54) is 0 Å². The van der Waals surface area contributed by atoms with Crippen molar-refractivity contribution in [2.75, 3.05) is 6.67 Å². The van der Waals surface area contributed by atoms with Crippen LogP contribution in [0.1, 0.15) is 5.56 Å². The molecule has 2 aliphatic heterocycles. The zero-order chi connectivity index (χ0) is 19.3. The predicted molar refractivity (Wildman–Crippen MR) is 87.6 cm³/mol. The number of nitrogens with one attached hydrogen (secondary N) is 2. The van der Waals surface area contributed by atoms with Crippen LogP contribution < -0.4 is 9.62 Å². The van der Waals surface area contributed by atoms with Crippen molar-refractivity contribution in [3.8, 4) is 0 Å². The minimum Gasteiger partial charge on any atom is -0.266 e. The maximum absolute atomic E-state index is 12.8. The van der Waals surface area contributed by atoms with E-state index in [2.05, 4.69) is 4.99 Å². The maximum atomic E-state index is 12.8. The molecule has 26 heavy (non-hydrogen) atoms. The van der Waals surface area contributed by atoms with Gasteiger partial charge in [0.25, 0.3) is 21.8 Å². The number of halogens is 4. The highest BCUT2D eigenvalue weighted by atomic mass is 35.5. The number of quaternary nitrogens is 1. The normalized spacial score (nSPS) is 20.3. The van der Waals surface area contributed by atoms with E-state index in [9.17, 15) is 26.4 Å². The highest BCUT2D eigenvalue weighted by molar-refractivity contribution is 7.92. The molecule has 0 aromatic carbocycles. The molecule has 0 bridgehead atoms. The van der Waals surface area contributed by atoms with Gasteiger partial charge < -0.3 is 0 Å². The number of sulfonamides is 1. The molecule has 1 unspecified atom stereocenters. The number of carbonyl (C=O) groups is 1. The Morgan fingerprint density at radius 1 is 1.46 bits per heavy atom. The van der Waals surface area contributed by atoms with E-state index in [4.69, 9.17) is 11.6 Å². The fourth-order valence-corrected chi connectivity index (χ4v) is 5.01. The molecule has 0 radical (unpaired) electrons. The second kappa shape index (κ2) is 6.37. The van der Waals surface area contributed by atoms with Crippen LogP contribution in [0.5, 0.6) is 0 Å². The molecule has 0 saturated carbocycles. The number of thiophene rings is 1. The number of rotatable bonds is 3. The summed E-state index contributed by atoms with van der Waals surface area (Å²) in [5.41, 5.74) is 0.139. The summed E-state index contributed by atoms with van der Waals surface area (Å²) >= 11 is 6.75. The van der Waals surface area contributed by atoms with Crippen molar-refractivity contribution in [1.29, 1.82) is 0 Å². The Balaban J connectivity index is 1.81. The zero-order valence-corrected chi connectivity index (χ0v) is 15.4. The number of hydrogen-bond acceptors (Lipinski definition) is 6. The largest absolute Gasteiger partial charge is 0.488 e. The Morgan fingerprint density at radius 3 is 2.73 bits per heavy atom. The smallest absolute Gasteiger partial charge is 0.266 e. The maximum Gasteiger partial charge on any atom is 0.488 e. The van der Waals surface area contributed by atoms with Gasteiger partial charge in [0, 0.05) is 6.20 Å². The summed E-state index contributed by atoms with van der Waals surface area (Å²) in [5, 5.41) is 1.27. The van der Waals surface area contributed by atoms with E-state index in [0.29, 0.717) is 11.8 Å². The van der Waals surface area contributed by atoms with E-state index >= 15 is 0 Å². The summed E-state index contributed by atoms with van der Waals surface area (Å²) in [7, 11) is -4.10. The van der Waals surface area contributed by atoms with Crippen LogP contribution in [0.4, 0.5) is 13.2 Å². The first-order chi connectivity index (χ1) is 12.0. The van der Waals surface area contributed by atoms with Crippen molar-refractivity contribution in [2.45, 2.75) is 17.4 Å². The number of hydrogen-bond donors (Lipinski definition) is 2. The van der Waals surface area contributed by atoms with Crippen molar-refractivity contribution in [2.24, 2.45) is 4.99 Å². The third-order valence-electron chi connectivity index (χ3n) is 3.53. The molecule has 0 aliphatic carbocycles. The molecule has 2 N–H and O–H groups in total. The Kier molecular flexibility index (Phi) is 4.63. The third-order valence-corrected chi connectivity index (χ3v) is 6.82. The van der Waals surface area contributed by atoms with Crippen molar-refractivity contribution < 1.29 is 31.3 Å². The van der Waals surface area contributed by atoms with E-state index in [-0.39, 0.29) is 30.6 Å². The Bertz CT molecular complexity index is 966. The number of aliphatic imine (C=N–C) groups is 1. The van der Waals surface area contributed by atoms with Gasteiger partial charge >= 0.3 is 6.30 Å². The fourth-order valence-electron chi connectivity index (χ4n) is 2.35. The molecule has 3 heterocycles. The van der Waals surface area contributed by atoms with E-state index in [1.54, 1.807) is 18.4 Å². The summed E-state index contributed by atoms with van der Waals surface area (Å²) in [5.74, 6) is -1.03. The topological polar surface area (TPSA) is 83.3 Å². The molecule has 0 spiro atoms. The van der Waals surface area contributed by atoms with Crippen molar-refractivity contribution in [1.82, 2.24) is 9.62 Å². The van der Waals surface area contributed by atoms with Crippen LogP contribution in [0.15, 0.2) is 43.8 Å². The van der Waals surface area contributed by atoms with Crippen LogP contribution >= 0.6 is 22.9 Å². The Morgan fingerprint density at radius 2 is 2.15 bits per heavy atom. The first-order valence-electron chi connectivity index (χ1n) is 6.98. The van der Waals surface area contributed by atoms with Gasteiger partial charge in [0.2, 0.25) is 0 Å². The summed E-state index contributed by atoms with van der Waals surface area (Å²) in [6, 6.07) is 1.58. The fraction of sp³-hybridized carbons (Fsp3) is 0.231. The summed E-state index contributed by atoms with van der Waals surface area (Å²) in [4.78, 5) is 16.2. The number of amidine groups is 1. The van der Waals surface area contributed by atoms with Crippen molar-refractivity contribution in [3.63, 3.8) is 0 Å². The van der Waals surface area contributed by atoms with E-state index < -0.39 is 28.9 Å². The van der Waals surface area contributed by atoms with Gasteiger partial charge in [-0.25, -0.2) is 22.9 Å². The quantitative estimate of drug-likeness (QED) is 0.701. The number of carbonyl (C=O) groups excluding carboxylic acids is 1. The lowest BCUT2D eigenvalue weighted by molar-refractivity contribution is -0.763. The standard InChI is InChI=1S/C13H10ClF3N4O3S2/c1-7-2-3-25-12(7)26(23,24)19-11(22)9-5-20-6-21(13(15,16)17)4-8(14)10(20)18-9/h2-5H,6H2,1H3,(H,19,22)/p+1. The van der Waals surface area contributed by atoms with Gasteiger partial charge in [-0.05, 0) is 23.9 Å². The average Bonchev–Trinajstić information content (AvgIpc) is 3.12. The van der Waals surface area contributed by atoms with Gasteiger partial charge in [-0.2, -0.15) is 4.99 Å². The average molecular weight is 428 g/mol. The molecule has 0 saturated heterocycles. The lowest BCUT2D eigenvalue weighted by Gasteiger charge is -2.28. The summed E-state index contributed by atoms with van der Waals surface area (Å²) in [6.45, 7) is 0.997. The molecule has 1 atom stereocenters. The minimum atomic E-state index is -4.64. The molecular formula is C13H11ClF3N4O3S2+. The molecule has 1 amide bonds. The molecule has 1 aromatic rings. The minimum absolute atomic E-state index is 0.0158. The number of alkyl halides is 3. The first-order valence-corrected chi connectivity index (χ1v) is 9.72. The van der Waals surface area contributed by atoms with E-state index in [1.807, 2.05) is 4.72 Å². The molecule has 13 heteroatoms. The van der Waals surface area contributed by atoms with Crippen molar-refractivity contribution in [3.05, 3.63) is 40.1 Å².